The first kappa shape index (κ1) is 20.5. The summed E-state index contributed by atoms with van der Waals surface area (Å²) in [6, 6.07) is 6.73. The molecule has 1 amide bonds. The van der Waals surface area contributed by atoms with Crippen molar-refractivity contribution in [3.05, 3.63) is 36.9 Å². The summed E-state index contributed by atoms with van der Waals surface area (Å²) in [4.78, 5) is 22.9. The summed E-state index contributed by atoms with van der Waals surface area (Å²) in [5, 5.41) is 2.63. The maximum Gasteiger partial charge on any atom is 0.412 e. The Hall–Kier alpha value is -2.54. The second-order valence-corrected chi connectivity index (χ2v) is 6.18. The van der Waals surface area contributed by atoms with E-state index >= 15 is 0 Å². The number of hydrogen-bond donors (Lipinski definition) is 1. The summed E-state index contributed by atoms with van der Waals surface area (Å²) in [5.41, 5.74) is 0.0138. The van der Waals surface area contributed by atoms with Gasteiger partial charge in [0.05, 0.1) is 6.61 Å². The lowest BCUT2D eigenvalue weighted by Gasteiger charge is -2.20. The summed E-state index contributed by atoms with van der Waals surface area (Å²) in [7, 11) is 1.51. The van der Waals surface area contributed by atoms with E-state index < -0.39 is 23.8 Å². The molecule has 1 rings (SSSR count). The van der Waals surface area contributed by atoms with Crippen molar-refractivity contribution in [2.75, 3.05) is 25.6 Å². The summed E-state index contributed by atoms with van der Waals surface area (Å²) < 4.78 is 20.8. The molecule has 0 aliphatic rings. The highest BCUT2D eigenvalue weighted by Gasteiger charge is 2.16. The van der Waals surface area contributed by atoms with Gasteiger partial charge in [0.2, 0.25) is 0 Å². The van der Waals surface area contributed by atoms with E-state index in [4.69, 9.17) is 18.9 Å². The zero-order valence-electron chi connectivity index (χ0n) is 15.0. The van der Waals surface area contributed by atoms with Gasteiger partial charge in [-0.2, -0.15) is 0 Å². The van der Waals surface area contributed by atoms with Gasteiger partial charge in [-0.05, 0) is 45.0 Å². The Labute approximate surface area is 147 Å². The standard InChI is InChI=1S/C18H25NO6/c1-6-16(20)24-15(11-22-5)12-23-14-9-7-13(8-10-14)19-17(21)25-18(2,3)4/h6-10,15H,1,11-12H2,2-5H3,(H,19,21). The molecule has 7 nitrogen and oxygen atoms in total. The van der Waals surface area contributed by atoms with Gasteiger partial charge in [0.15, 0.2) is 6.10 Å². The number of carbonyl (C=O) groups excluding carboxylic acids is 2. The number of anilines is 1. The third kappa shape index (κ3) is 8.76. The van der Waals surface area contributed by atoms with E-state index in [1.54, 1.807) is 45.0 Å². The lowest BCUT2D eigenvalue weighted by Crippen LogP contribution is -2.28. The van der Waals surface area contributed by atoms with Crippen LogP contribution in [0.15, 0.2) is 36.9 Å². The Kier molecular flexibility index (Phi) is 7.94. The topological polar surface area (TPSA) is 83.1 Å². The Balaban J connectivity index is 2.53. The Morgan fingerprint density at radius 2 is 1.84 bits per heavy atom. The van der Waals surface area contributed by atoms with Gasteiger partial charge in [-0.1, -0.05) is 6.58 Å². The highest BCUT2D eigenvalue weighted by atomic mass is 16.6. The van der Waals surface area contributed by atoms with Crippen LogP contribution in [-0.4, -0.2) is 44.1 Å². The van der Waals surface area contributed by atoms with Crippen LogP contribution in [0.25, 0.3) is 0 Å². The molecule has 7 heteroatoms. The average Bonchev–Trinajstić information content (AvgIpc) is 2.52. The number of amides is 1. The van der Waals surface area contributed by atoms with Crippen LogP contribution in [0.3, 0.4) is 0 Å². The van der Waals surface area contributed by atoms with E-state index in [2.05, 4.69) is 11.9 Å². The molecule has 1 unspecified atom stereocenters. The summed E-state index contributed by atoms with van der Waals surface area (Å²) in [6.45, 7) is 9.06. The molecule has 0 bridgehead atoms. The average molecular weight is 351 g/mol. The van der Waals surface area contributed by atoms with E-state index in [9.17, 15) is 9.59 Å². The Morgan fingerprint density at radius 1 is 1.20 bits per heavy atom. The van der Waals surface area contributed by atoms with Gasteiger partial charge < -0.3 is 18.9 Å². The molecule has 1 aromatic carbocycles. The van der Waals surface area contributed by atoms with Crippen LogP contribution in [-0.2, 0) is 19.0 Å². The fourth-order valence-corrected chi connectivity index (χ4v) is 1.76. The molecule has 0 saturated carbocycles. The number of hydrogen-bond acceptors (Lipinski definition) is 6. The largest absolute Gasteiger partial charge is 0.490 e. The third-order valence-electron chi connectivity index (χ3n) is 2.74. The lowest BCUT2D eigenvalue weighted by atomic mass is 10.2. The molecule has 0 fully saturated rings. The fourth-order valence-electron chi connectivity index (χ4n) is 1.76. The second-order valence-electron chi connectivity index (χ2n) is 6.18. The summed E-state index contributed by atoms with van der Waals surface area (Å²) in [5.74, 6) is 0.0213. The number of nitrogens with one attached hydrogen (secondary N) is 1. The predicted octanol–water partition coefficient (Wildman–Crippen LogP) is 3.16. The molecule has 0 aliphatic heterocycles. The van der Waals surface area contributed by atoms with Crippen LogP contribution in [0.2, 0.25) is 0 Å². The van der Waals surface area contributed by atoms with Gasteiger partial charge in [-0.15, -0.1) is 0 Å². The predicted molar refractivity (Wildman–Crippen MR) is 93.7 cm³/mol. The molecular formula is C18H25NO6. The molecule has 0 aromatic heterocycles. The maximum absolute atomic E-state index is 11.7. The van der Waals surface area contributed by atoms with Gasteiger partial charge in [0.1, 0.15) is 18.0 Å². The van der Waals surface area contributed by atoms with Crippen molar-refractivity contribution in [2.45, 2.75) is 32.5 Å². The molecule has 1 atom stereocenters. The number of esters is 1. The summed E-state index contributed by atoms with van der Waals surface area (Å²) >= 11 is 0. The van der Waals surface area contributed by atoms with Crippen molar-refractivity contribution < 1.29 is 28.5 Å². The molecule has 0 saturated heterocycles. The molecule has 25 heavy (non-hydrogen) atoms. The monoisotopic (exact) mass is 351 g/mol. The molecule has 0 spiro atoms. The van der Waals surface area contributed by atoms with E-state index in [1.165, 1.54) is 7.11 Å². The van der Waals surface area contributed by atoms with Crippen LogP contribution in [0.5, 0.6) is 5.75 Å². The summed E-state index contributed by atoms with van der Waals surface area (Å²) in [6.07, 6.45) is 0.00695. The second kappa shape index (κ2) is 9.68. The smallest absolute Gasteiger partial charge is 0.412 e. The van der Waals surface area contributed by atoms with E-state index in [0.29, 0.717) is 11.4 Å². The quantitative estimate of drug-likeness (QED) is 0.572. The zero-order chi connectivity index (χ0) is 18.9. The van der Waals surface area contributed by atoms with Crippen LogP contribution < -0.4 is 10.1 Å². The van der Waals surface area contributed by atoms with Crippen molar-refractivity contribution in [2.24, 2.45) is 0 Å². The van der Waals surface area contributed by atoms with Crippen molar-refractivity contribution in [1.82, 2.24) is 0 Å². The van der Waals surface area contributed by atoms with Crippen LogP contribution in [0.4, 0.5) is 10.5 Å². The SMILES string of the molecule is C=CC(=O)OC(COC)COc1ccc(NC(=O)OC(C)(C)C)cc1. The molecule has 0 aliphatic carbocycles. The number of ether oxygens (including phenoxy) is 4. The Bertz CT molecular complexity index is 576. The van der Waals surface area contributed by atoms with Crippen molar-refractivity contribution in [3.63, 3.8) is 0 Å². The van der Waals surface area contributed by atoms with Gasteiger partial charge >= 0.3 is 12.1 Å². The minimum Gasteiger partial charge on any atom is -0.490 e. The van der Waals surface area contributed by atoms with Gasteiger partial charge in [0.25, 0.3) is 0 Å². The molecular weight excluding hydrogens is 326 g/mol. The first-order valence-electron chi connectivity index (χ1n) is 7.78. The number of benzene rings is 1. The first-order valence-corrected chi connectivity index (χ1v) is 7.78. The van der Waals surface area contributed by atoms with Crippen molar-refractivity contribution >= 4 is 17.7 Å². The van der Waals surface area contributed by atoms with E-state index in [0.717, 1.165) is 6.08 Å². The van der Waals surface area contributed by atoms with Crippen LogP contribution in [0.1, 0.15) is 20.8 Å². The van der Waals surface area contributed by atoms with Crippen LogP contribution in [0, 0.1) is 0 Å². The minimum absolute atomic E-state index is 0.131. The van der Waals surface area contributed by atoms with Gasteiger partial charge in [-0.3, -0.25) is 5.32 Å². The molecule has 138 valence electrons. The molecule has 0 heterocycles. The van der Waals surface area contributed by atoms with Crippen LogP contribution >= 0.6 is 0 Å². The number of carbonyl (C=O) groups is 2. The highest BCUT2D eigenvalue weighted by molar-refractivity contribution is 5.84. The Morgan fingerprint density at radius 3 is 2.36 bits per heavy atom. The van der Waals surface area contributed by atoms with E-state index in [1.807, 2.05) is 0 Å². The minimum atomic E-state index is -0.563. The number of methoxy groups -OCH3 is 1. The van der Waals surface area contributed by atoms with Gasteiger partial charge in [-0.25, -0.2) is 9.59 Å². The van der Waals surface area contributed by atoms with Crippen molar-refractivity contribution in [3.8, 4) is 5.75 Å². The first-order chi connectivity index (χ1) is 11.7. The molecule has 1 N–H and O–H groups in total. The fraction of sp³-hybridized carbons (Fsp3) is 0.444. The zero-order valence-corrected chi connectivity index (χ0v) is 15.0. The maximum atomic E-state index is 11.7. The number of rotatable bonds is 8. The highest BCUT2D eigenvalue weighted by Crippen LogP contribution is 2.17. The van der Waals surface area contributed by atoms with Gasteiger partial charge in [0, 0.05) is 18.9 Å². The van der Waals surface area contributed by atoms with Crippen molar-refractivity contribution in [1.29, 1.82) is 0 Å². The molecule has 0 radical (unpaired) electrons. The third-order valence-corrected chi connectivity index (χ3v) is 2.74. The van der Waals surface area contributed by atoms with E-state index in [-0.39, 0.29) is 13.2 Å². The normalized spacial score (nSPS) is 12.0. The molecule has 1 aromatic rings. The lowest BCUT2D eigenvalue weighted by molar-refractivity contribution is -0.147.